The lowest BCUT2D eigenvalue weighted by Gasteiger charge is -2.38. The van der Waals surface area contributed by atoms with Crippen LogP contribution in [0.2, 0.25) is 5.15 Å². The predicted molar refractivity (Wildman–Crippen MR) is 97.0 cm³/mol. The molecule has 1 aliphatic heterocycles. The zero-order chi connectivity index (χ0) is 17.1. The van der Waals surface area contributed by atoms with Crippen molar-refractivity contribution in [3.8, 4) is 5.75 Å². The van der Waals surface area contributed by atoms with Crippen molar-refractivity contribution < 1.29 is 4.74 Å². The molecule has 6 heteroatoms. The Balaban J connectivity index is 1.65. The molecule has 2 aromatic rings. The molecule has 0 bridgehead atoms. The molecule has 0 aliphatic carbocycles. The third kappa shape index (κ3) is 3.79. The van der Waals surface area contributed by atoms with E-state index >= 15 is 0 Å². The topological polar surface area (TPSA) is 41.5 Å². The van der Waals surface area contributed by atoms with Crippen molar-refractivity contribution in [3.63, 3.8) is 0 Å². The monoisotopic (exact) mass is 346 g/mol. The fraction of sp³-hybridized carbons (Fsp3) is 0.444. The van der Waals surface area contributed by atoms with Gasteiger partial charge in [0, 0.05) is 38.3 Å². The maximum absolute atomic E-state index is 6.06. The minimum atomic E-state index is 0.359. The number of aryl methyl sites for hydroxylation is 1. The molecule has 0 radical (unpaired) electrons. The predicted octanol–water partition coefficient (Wildman–Crippen LogP) is 3.33. The van der Waals surface area contributed by atoms with Crippen LogP contribution in [0.3, 0.4) is 0 Å². The van der Waals surface area contributed by atoms with Crippen molar-refractivity contribution in [2.24, 2.45) is 0 Å². The SMILES string of the molecule is COc1cccc(C(C)N2CCN(c3cc(Cl)nc(C)n3)CC2)c1. The Bertz CT molecular complexity index is 681. The lowest BCUT2D eigenvalue weighted by molar-refractivity contribution is 0.198. The van der Waals surface area contributed by atoms with Crippen LogP contribution >= 0.6 is 11.6 Å². The van der Waals surface area contributed by atoms with E-state index in [0.29, 0.717) is 17.0 Å². The van der Waals surface area contributed by atoms with E-state index in [1.807, 2.05) is 25.1 Å². The smallest absolute Gasteiger partial charge is 0.134 e. The molecule has 2 heterocycles. The molecule has 1 saturated heterocycles. The highest BCUT2D eigenvalue weighted by Crippen LogP contribution is 2.26. The molecular weight excluding hydrogens is 324 g/mol. The second kappa shape index (κ2) is 7.36. The first-order chi connectivity index (χ1) is 11.6. The first kappa shape index (κ1) is 17.0. The number of benzene rings is 1. The Hall–Kier alpha value is -1.85. The number of piperazine rings is 1. The van der Waals surface area contributed by atoms with Crippen LogP contribution in [0.5, 0.6) is 5.75 Å². The van der Waals surface area contributed by atoms with Crippen molar-refractivity contribution in [2.75, 3.05) is 38.2 Å². The Labute approximate surface area is 148 Å². The van der Waals surface area contributed by atoms with Crippen LogP contribution in [-0.4, -0.2) is 48.2 Å². The number of rotatable bonds is 4. The van der Waals surface area contributed by atoms with E-state index in [-0.39, 0.29) is 0 Å². The van der Waals surface area contributed by atoms with Gasteiger partial charge in [0.15, 0.2) is 0 Å². The number of methoxy groups -OCH3 is 1. The summed E-state index contributed by atoms with van der Waals surface area (Å²) in [6.45, 7) is 7.95. The fourth-order valence-electron chi connectivity index (χ4n) is 3.13. The highest BCUT2D eigenvalue weighted by Gasteiger charge is 2.23. The summed E-state index contributed by atoms with van der Waals surface area (Å²) in [5.74, 6) is 2.54. The van der Waals surface area contributed by atoms with E-state index < -0.39 is 0 Å². The number of hydrogen-bond donors (Lipinski definition) is 0. The molecule has 0 N–H and O–H groups in total. The molecule has 128 valence electrons. The summed E-state index contributed by atoms with van der Waals surface area (Å²) in [7, 11) is 1.71. The largest absolute Gasteiger partial charge is 0.497 e. The third-order valence-corrected chi connectivity index (χ3v) is 4.75. The van der Waals surface area contributed by atoms with Crippen LogP contribution in [0, 0.1) is 6.92 Å². The minimum absolute atomic E-state index is 0.359. The van der Waals surface area contributed by atoms with Gasteiger partial charge >= 0.3 is 0 Å². The van der Waals surface area contributed by atoms with Gasteiger partial charge in [0.1, 0.15) is 22.5 Å². The number of halogens is 1. The first-order valence-corrected chi connectivity index (χ1v) is 8.59. The second-order valence-electron chi connectivity index (χ2n) is 6.07. The van der Waals surface area contributed by atoms with Crippen LogP contribution in [-0.2, 0) is 0 Å². The molecule has 1 atom stereocenters. The normalized spacial score (nSPS) is 16.9. The lowest BCUT2D eigenvalue weighted by Crippen LogP contribution is -2.47. The van der Waals surface area contributed by atoms with Gasteiger partial charge < -0.3 is 9.64 Å². The van der Waals surface area contributed by atoms with Crippen LogP contribution in [0.1, 0.15) is 24.4 Å². The average molecular weight is 347 g/mol. The van der Waals surface area contributed by atoms with Crippen molar-refractivity contribution in [1.29, 1.82) is 0 Å². The Morgan fingerprint density at radius 2 is 1.88 bits per heavy atom. The molecule has 1 unspecified atom stereocenters. The maximum atomic E-state index is 6.06. The van der Waals surface area contributed by atoms with Gasteiger partial charge in [-0.05, 0) is 31.5 Å². The summed E-state index contributed by atoms with van der Waals surface area (Å²) in [5.41, 5.74) is 1.28. The zero-order valence-electron chi connectivity index (χ0n) is 14.4. The number of hydrogen-bond acceptors (Lipinski definition) is 5. The second-order valence-corrected chi connectivity index (χ2v) is 6.46. The van der Waals surface area contributed by atoms with Gasteiger partial charge in [-0.2, -0.15) is 0 Å². The molecule has 1 aromatic carbocycles. The molecule has 1 fully saturated rings. The standard InChI is InChI=1S/C18H23ClN4O/c1-13(15-5-4-6-16(11-15)24-3)22-7-9-23(10-8-22)18-12-17(19)20-14(2)21-18/h4-6,11-13H,7-10H2,1-3H3. The van der Waals surface area contributed by atoms with Gasteiger partial charge in [-0.15, -0.1) is 0 Å². The molecule has 24 heavy (non-hydrogen) atoms. The molecule has 3 rings (SSSR count). The van der Waals surface area contributed by atoms with Crippen molar-refractivity contribution >= 4 is 17.4 Å². The lowest BCUT2D eigenvalue weighted by atomic mass is 10.1. The highest BCUT2D eigenvalue weighted by molar-refractivity contribution is 6.29. The van der Waals surface area contributed by atoms with Crippen LogP contribution in [0.15, 0.2) is 30.3 Å². The molecule has 1 aliphatic rings. The van der Waals surface area contributed by atoms with Crippen molar-refractivity contribution in [3.05, 3.63) is 46.9 Å². The van der Waals surface area contributed by atoms with Crippen LogP contribution in [0.25, 0.3) is 0 Å². The van der Waals surface area contributed by atoms with E-state index in [4.69, 9.17) is 16.3 Å². The number of aromatic nitrogens is 2. The summed E-state index contributed by atoms with van der Waals surface area (Å²) in [5, 5.41) is 0.504. The van der Waals surface area contributed by atoms with Crippen LogP contribution < -0.4 is 9.64 Å². The zero-order valence-corrected chi connectivity index (χ0v) is 15.1. The van der Waals surface area contributed by atoms with Gasteiger partial charge in [-0.25, -0.2) is 9.97 Å². The summed E-state index contributed by atoms with van der Waals surface area (Å²) >= 11 is 6.06. The van der Waals surface area contributed by atoms with E-state index in [9.17, 15) is 0 Å². The first-order valence-electron chi connectivity index (χ1n) is 8.21. The molecule has 1 aromatic heterocycles. The van der Waals surface area contributed by atoms with E-state index in [1.165, 1.54) is 5.56 Å². The Morgan fingerprint density at radius 3 is 2.54 bits per heavy atom. The van der Waals surface area contributed by atoms with Crippen molar-refractivity contribution in [2.45, 2.75) is 19.9 Å². The van der Waals surface area contributed by atoms with Gasteiger partial charge in [-0.1, -0.05) is 23.7 Å². The number of ether oxygens (including phenoxy) is 1. The third-order valence-electron chi connectivity index (χ3n) is 4.56. The van der Waals surface area contributed by atoms with Gasteiger partial charge in [0.2, 0.25) is 0 Å². The van der Waals surface area contributed by atoms with E-state index in [1.54, 1.807) is 7.11 Å². The molecule has 0 amide bonds. The highest BCUT2D eigenvalue weighted by atomic mass is 35.5. The fourth-order valence-corrected chi connectivity index (χ4v) is 3.35. The average Bonchev–Trinajstić information content (AvgIpc) is 2.60. The maximum Gasteiger partial charge on any atom is 0.134 e. The summed E-state index contributed by atoms with van der Waals surface area (Å²) in [6.07, 6.45) is 0. The van der Waals surface area contributed by atoms with Gasteiger partial charge in [-0.3, -0.25) is 4.90 Å². The molecular formula is C18H23ClN4O. The minimum Gasteiger partial charge on any atom is -0.497 e. The molecule has 0 saturated carbocycles. The van der Waals surface area contributed by atoms with E-state index in [2.05, 4.69) is 38.8 Å². The quantitative estimate of drug-likeness (QED) is 0.794. The summed E-state index contributed by atoms with van der Waals surface area (Å²) in [6, 6.07) is 10.5. The number of nitrogens with zero attached hydrogens (tertiary/aromatic N) is 4. The molecule has 0 spiro atoms. The Morgan fingerprint density at radius 1 is 1.12 bits per heavy atom. The Kier molecular flexibility index (Phi) is 5.21. The summed E-state index contributed by atoms with van der Waals surface area (Å²) in [4.78, 5) is 13.4. The van der Waals surface area contributed by atoms with Crippen molar-refractivity contribution in [1.82, 2.24) is 14.9 Å². The van der Waals surface area contributed by atoms with Crippen LogP contribution in [0.4, 0.5) is 5.82 Å². The van der Waals surface area contributed by atoms with Gasteiger partial charge in [0.25, 0.3) is 0 Å². The number of anilines is 1. The van der Waals surface area contributed by atoms with E-state index in [0.717, 1.165) is 37.7 Å². The van der Waals surface area contributed by atoms with Gasteiger partial charge in [0.05, 0.1) is 7.11 Å². The summed E-state index contributed by atoms with van der Waals surface area (Å²) < 4.78 is 5.34. The molecule has 5 nitrogen and oxygen atoms in total.